The molecule has 0 radical (unpaired) electrons. The monoisotopic (exact) mass is 273 g/mol. The minimum atomic E-state index is 0.138. The average Bonchev–Trinajstić information content (AvgIpc) is 2.78. The Bertz CT molecular complexity index is 674. The smallest absolute Gasteiger partial charge is 0.268 e. The molecule has 2 aromatic rings. The molecule has 0 spiro atoms. The lowest BCUT2D eigenvalue weighted by molar-refractivity contribution is 0.209. The Hall–Kier alpha value is -1.64. The van der Waals surface area contributed by atoms with Gasteiger partial charge in [-0.25, -0.2) is 0 Å². The summed E-state index contributed by atoms with van der Waals surface area (Å²) >= 11 is 1.57. The van der Waals surface area contributed by atoms with Crippen LogP contribution in [0.1, 0.15) is 18.9 Å². The van der Waals surface area contributed by atoms with Gasteiger partial charge in [-0.15, -0.1) is 0 Å². The minimum absolute atomic E-state index is 0.138. The predicted octanol–water partition coefficient (Wildman–Crippen LogP) is 2.22. The molecule has 0 unspecified atom stereocenters. The minimum Gasteiger partial charge on any atom is -0.290 e. The zero-order chi connectivity index (χ0) is 13.2. The van der Waals surface area contributed by atoms with Crippen LogP contribution in [0, 0.1) is 11.3 Å². The normalized spacial score (nSPS) is 17.6. The van der Waals surface area contributed by atoms with Gasteiger partial charge in [0.05, 0.1) is 28.7 Å². The van der Waals surface area contributed by atoms with Crippen molar-refractivity contribution in [3.8, 4) is 6.07 Å². The summed E-state index contributed by atoms with van der Waals surface area (Å²) in [6, 6.07) is 10.3. The van der Waals surface area contributed by atoms with Gasteiger partial charge in [-0.3, -0.25) is 13.7 Å². The van der Waals surface area contributed by atoms with Gasteiger partial charge >= 0.3 is 0 Å². The maximum Gasteiger partial charge on any atom is 0.268 e. The Morgan fingerprint density at radius 2 is 2.05 bits per heavy atom. The molecule has 1 aromatic heterocycles. The molecule has 5 heteroatoms. The van der Waals surface area contributed by atoms with E-state index >= 15 is 0 Å². The lowest BCUT2D eigenvalue weighted by atomic mass is 10.1. The molecule has 1 aliphatic rings. The first-order valence-electron chi connectivity index (χ1n) is 6.49. The zero-order valence-corrected chi connectivity index (χ0v) is 11.4. The van der Waals surface area contributed by atoms with Crippen molar-refractivity contribution in [2.45, 2.75) is 18.9 Å². The van der Waals surface area contributed by atoms with Gasteiger partial charge in [0.1, 0.15) is 0 Å². The number of benzene rings is 1. The van der Waals surface area contributed by atoms with Gasteiger partial charge in [-0.1, -0.05) is 23.7 Å². The van der Waals surface area contributed by atoms with Crippen molar-refractivity contribution in [3.63, 3.8) is 0 Å². The van der Waals surface area contributed by atoms with E-state index in [0.29, 0.717) is 12.6 Å². The van der Waals surface area contributed by atoms with Crippen molar-refractivity contribution in [1.82, 2.24) is 8.86 Å². The number of likely N-dealkylation sites (tertiary alicyclic amines) is 1. The number of hydrogen-bond acceptors (Lipinski definition) is 4. The van der Waals surface area contributed by atoms with Gasteiger partial charge < -0.3 is 0 Å². The van der Waals surface area contributed by atoms with Gasteiger partial charge in [0, 0.05) is 13.1 Å². The molecule has 4 nitrogen and oxygen atoms in total. The van der Waals surface area contributed by atoms with Gasteiger partial charge in [0.15, 0.2) is 0 Å². The van der Waals surface area contributed by atoms with E-state index in [2.05, 4.69) is 11.0 Å². The quantitative estimate of drug-likeness (QED) is 0.788. The largest absolute Gasteiger partial charge is 0.290 e. The Morgan fingerprint density at radius 3 is 2.74 bits per heavy atom. The number of fused-ring (bicyclic) bond motifs is 1. The number of aromatic nitrogens is 1. The molecular weight excluding hydrogens is 258 g/mol. The maximum atomic E-state index is 12.3. The van der Waals surface area contributed by atoms with E-state index in [1.807, 2.05) is 28.2 Å². The highest BCUT2D eigenvalue weighted by atomic mass is 32.1. The van der Waals surface area contributed by atoms with Crippen LogP contribution in [0.15, 0.2) is 29.1 Å². The van der Waals surface area contributed by atoms with Crippen molar-refractivity contribution in [1.29, 1.82) is 5.26 Å². The standard InChI is InChI=1S/C14H15N3OS/c15-7-10-16-8-5-11(6-9-16)17-14(18)12-3-1-2-4-13(12)19-17/h1-4,11H,5-6,8-10H2. The Labute approximate surface area is 115 Å². The summed E-state index contributed by atoms with van der Waals surface area (Å²) in [6.45, 7) is 2.30. The molecule has 0 N–H and O–H groups in total. The van der Waals surface area contributed by atoms with Gasteiger partial charge in [-0.05, 0) is 25.0 Å². The van der Waals surface area contributed by atoms with Crippen molar-refractivity contribution in [2.75, 3.05) is 19.6 Å². The van der Waals surface area contributed by atoms with E-state index in [1.165, 1.54) is 0 Å². The molecule has 2 heterocycles. The topological polar surface area (TPSA) is 49.0 Å². The van der Waals surface area contributed by atoms with E-state index in [1.54, 1.807) is 11.5 Å². The van der Waals surface area contributed by atoms with Crippen molar-refractivity contribution in [2.24, 2.45) is 0 Å². The summed E-state index contributed by atoms with van der Waals surface area (Å²) in [5.74, 6) is 0. The second kappa shape index (κ2) is 5.16. The van der Waals surface area contributed by atoms with E-state index in [-0.39, 0.29) is 5.56 Å². The fourth-order valence-corrected chi connectivity index (χ4v) is 3.79. The molecule has 1 aliphatic heterocycles. The molecule has 0 saturated carbocycles. The second-order valence-corrected chi connectivity index (χ2v) is 5.90. The van der Waals surface area contributed by atoms with E-state index in [9.17, 15) is 4.79 Å². The lowest BCUT2D eigenvalue weighted by Crippen LogP contribution is -2.36. The molecule has 0 atom stereocenters. The van der Waals surface area contributed by atoms with Crippen LogP contribution in [0.3, 0.4) is 0 Å². The molecule has 3 rings (SSSR count). The predicted molar refractivity (Wildman–Crippen MR) is 76.4 cm³/mol. The van der Waals surface area contributed by atoms with Crippen molar-refractivity contribution >= 4 is 21.6 Å². The van der Waals surface area contributed by atoms with Gasteiger partial charge in [-0.2, -0.15) is 5.26 Å². The highest BCUT2D eigenvalue weighted by Crippen LogP contribution is 2.26. The first-order valence-corrected chi connectivity index (χ1v) is 7.27. The van der Waals surface area contributed by atoms with Crippen LogP contribution in [0.2, 0.25) is 0 Å². The molecule has 0 amide bonds. The number of piperidine rings is 1. The fourth-order valence-electron chi connectivity index (χ4n) is 2.64. The van der Waals surface area contributed by atoms with Crippen LogP contribution in [0.25, 0.3) is 10.1 Å². The lowest BCUT2D eigenvalue weighted by Gasteiger charge is -2.30. The van der Waals surface area contributed by atoms with E-state index < -0.39 is 0 Å². The second-order valence-electron chi connectivity index (χ2n) is 4.88. The molecule has 0 aliphatic carbocycles. The SMILES string of the molecule is N#CCN1CCC(n2sc3ccccc3c2=O)CC1. The average molecular weight is 273 g/mol. The number of nitrogens with zero attached hydrogens (tertiary/aromatic N) is 3. The highest BCUT2D eigenvalue weighted by Gasteiger charge is 2.22. The third-order valence-corrected chi connectivity index (χ3v) is 4.91. The van der Waals surface area contributed by atoms with Crippen LogP contribution < -0.4 is 5.56 Å². The van der Waals surface area contributed by atoms with Crippen LogP contribution in [-0.2, 0) is 0 Å². The zero-order valence-electron chi connectivity index (χ0n) is 10.6. The number of nitriles is 1. The van der Waals surface area contributed by atoms with Crippen molar-refractivity contribution in [3.05, 3.63) is 34.6 Å². The molecule has 98 valence electrons. The molecule has 0 bridgehead atoms. The molecule has 1 fully saturated rings. The van der Waals surface area contributed by atoms with Crippen LogP contribution >= 0.6 is 11.5 Å². The molecular formula is C14H15N3OS. The van der Waals surface area contributed by atoms with E-state index in [4.69, 9.17) is 5.26 Å². The van der Waals surface area contributed by atoms with E-state index in [0.717, 1.165) is 36.0 Å². The Morgan fingerprint density at radius 1 is 1.32 bits per heavy atom. The van der Waals surface area contributed by atoms with Gasteiger partial charge in [0.2, 0.25) is 0 Å². The summed E-state index contributed by atoms with van der Waals surface area (Å²) in [4.78, 5) is 14.5. The van der Waals surface area contributed by atoms with Crippen molar-refractivity contribution < 1.29 is 0 Å². The molecule has 1 aromatic carbocycles. The summed E-state index contributed by atoms with van der Waals surface area (Å²) in [5.41, 5.74) is 0.138. The van der Waals surface area contributed by atoms with Crippen LogP contribution in [0.4, 0.5) is 0 Å². The summed E-state index contributed by atoms with van der Waals surface area (Å²) in [6.07, 6.45) is 1.91. The first-order chi connectivity index (χ1) is 9.29. The molecule has 1 saturated heterocycles. The summed E-state index contributed by atoms with van der Waals surface area (Å²) < 4.78 is 2.99. The summed E-state index contributed by atoms with van der Waals surface area (Å²) in [5, 5.41) is 9.52. The summed E-state index contributed by atoms with van der Waals surface area (Å²) in [7, 11) is 0. The third-order valence-electron chi connectivity index (χ3n) is 3.70. The first kappa shape index (κ1) is 12.4. The Balaban J connectivity index is 1.84. The van der Waals surface area contributed by atoms with Gasteiger partial charge in [0.25, 0.3) is 5.56 Å². The molecule has 19 heavy (non-hydrogen) atoms. The van der Waals surface area contributed by atoms with Crippen LogP contribution in [-0.4, -0.2) is 28.5 Å². The third kappa shape index (κ3) is 2.29. The highest BCUT2D eigenvalue weighted by molar-refractivity contribution is 7.13. The maximum absolute atomic E-state index is 12.3. The Kier molecular flexibility index (Phi) is 3.36. The number of rotatable bonds is 2. The number of hydrogen-bond donors (Lipinski definition) is 0. The van der Waals surface area contributed by atoms with Crippen LogP contribution in [0.5, 0.6) is 0 Å². The fraction of sp³-hybridized carbons (Fsp3) is 0.429.